The predicted octanol–water partition coefficient (Wildman–Crippen LogP) is 1.13. The minimum Gasteiger partial charge on any atom is -0.351 e. The number of hydrogen-bond acceptors (Lipinski definition) is 3. The average Bonchev–Trinajstić information content (AvgIpc) is 2.19. The van der Waals surface area contributed by atoms with Crippen molar-refractivity contribution >= 4 is 11.9 Å². The van der Waals surface area contributed by atoms with Gasteiger partial charge in [-0.1, -0.05) is 26.7 Å². The molecule has 1 saturated carbocycles. The molecule has 1 rings (SSSR count). The Morgan fingerprint density at radius 2 is 2.00 bits per heavy atom. The monoisotopic (exact) mass is 241 g/mol. The molecule has 1 aliphatic rings. The Morgan fingerprint density at radius 3 is 2.53 bits per heavy atom. The average molecular weight is 241 g/mol. The molecule has 0 bridgehead atoms. The van der Waals surface area contributed by atoms with Gasteiger partial charge in [-0.15, -0.1) is 0 Å². The second-order valence-electron chi connectivity index (χ2n) is 5.53. The Hall–Kier alpha value is -1.10. The summed E-state index contributed by atoms with van der Waals surface area (Å²) < 4.78 is 0. The molecule has 5 heteroatoms. The lowest BCUT2D eigenvalue weighted by atomic mass is 9.73. The molecule has 1 aliphatic carbocycles. The van der Waals surface area contributed by atoms with Crippen LogP contribution in [0.1, 0.15) is 46.5 Å². The highest BCUT2D eigenvalue weighted by molar-refractivity contribution is 5.96. The van der Waals surface area contributed by atoms with Crippen molar-refractivity contribution in [3.05, 3.63) is 0 Å². The molecule has 2 unspecified atom stereocenters. The highest BCUT2D eigenvalue weighted by Crippen LogP contribution is 2.35. The largest absolute Gasteiger partial charge is 0.351 e. The minimum absolute atomic E-state index is 0.194. The van der Waals surface area contributed by atoms with E-state index < -0.39 is 12.1 Å². The summed E-state index contributed by atoms with van der Waals surface area (Å²) in [5.41, 5.74) is 5.11. The van der Waals surface area contributed by atoms with Gasteiger partial charge >= 0.3 is 6.03 Å². The van der Waals surface area contributed by atoms with E-state index in [9.17, 15) is 9.59 Å². The molecule has 2 atom stereocenters. The van der Waals surface area contributed by atoms with Crippen LogP contribution in [-0.2, 0) is 4.79 Å². The molecule has 0 heterocycles. The van der Waals surface area contributed by atoms with Gasteiger partial charge in [-0.2, -0.15) is 0 Å². The van der Waals surface area contributed by atoms with Crippen molar-refractivity contribution in [2.75, 3.05) is 0 Å². The fourth-order valence-electron chi connectivity index (χ4n) is 2.41. The number of rotatable bonds is 3. The second kappa shape index (κ2) is 5.49. The van der Waals surface area contributed by atoms with Gasteiger partial charge in [0.2, 0.25) is 5.91 Å². The zero-order valence-electron chi connectivity index (χ0n) is 10.9. The molecule has 0 aliphatic heterocycles. The molecule has 0 spiro atoms. The number of amides is 3. The molecule has 0 saturated heterocycles. The Kier molecular flexibility index (Phi) is 4.51. The lowest BCUT2D eigenvalue weighted by Gasteiger charge is -2.40. The number of carbonyl (C=O) groups is 2. The Bertz CT molecular complexity index is 302. The zero-order valence-corrected chi connectivity index (χ0v) is 10.9. The second-order valence-corrected chi connectivity index (χ2v) is 5.53. The fourth-order valence-corrected chi connectivity index (χ4v) is 2.41. The quantitative estimate of drug-likeness (QED) is 0.692. The molecule has 17 heavy (non-hydrogen) atoms. The number of hydrogen-bond donors (Lipinski definition) is 3. The topological polar surface area (TPSA) is 84.2 Å². The molecule has 4 N–H and O–H groups in total. The van der Waals surface area contributed by atoms with E-state index in [1.165, 1.54) is 12.8 Å². The van der Waals surface area contributed by atoms with E-state index in [4.69, 9.17) is 5.73 Å². The van der Waals surface area contributed by atoms with Gasteiger partial charge in [-0.05, 0) is 25.2 Å². The first kappa shape index (κ1) is 14.0. The molecule has 0 aromatic rings. The number of nitrogens with one attached hydrogen (secondary N) is 2. The van der Waals surface area contributed by atoms with Crippen molar-refractivity contribution in [2.24, 2.45) is 11.1 Å². The van der Waals surface area contributed by atoms with E-state index in [2.05, 4.69) is 24.5 Å². The highest BCUT2D eigenvalue weighted by Gasteiger charge is 2.33. The minimum atomic E-state index is -0.799. The standard InChI is InChI=1S/C12H23N3O2/c1-8(10(16)15-11(13)17)14-9-6-4-5-7-12(9,2)3/h8-9,14H,4-7H2,1-3H3,(H3,13,15,16,17). The first-order valence-electron chi connectivity index (χ1n) is 6.19. The van der Waals surface area contributed by atoms with E-state index in [1.807, 2.05) is 0 Å². The van der Waals surface area contributed by atoms with Gasteiger partial charge in [0.1, 0.15) is 0 Å². The van der Waals surface area contributed by atoms with Gasteiger partial charge in [0.15, 0.2) is 0 Å². The molecule has 5 nitrogen and oxygen atoms in total. The summed E-state index contributed by atoms with van der Waals surface area (Å²) in [6.45, 7) is 6.17. The Labute approximate surface area is 103 Å². The lowest BCUT2D eigenvalue weighted by molar-refractivity contribution is -0.122. The number of nitrogens with two attached hydrogens (primary N) is 1. The number of carbonyl (C=O) groups excluding carboxylic acids is 2. The van der Waals surface area contributed by atoms with E-state index in [1.54, 1.807) is 6.92 Å². The maximum Gasteiger partial charge on any atom is 0.318 e. The molecule has 0 aromatic carbocycles. The van der Waals surface area contributed by atoms with Gasteiger partial charge < -0.3 is 11.1 Å². The van der Waals surface area contributed by atoms with E-state index in [0.29, 0.717) is 6.04 Å². The SMILES string of the molecule is CC(NC1CCCCC1(C)C)C(=O)NC(N)=O. The van der Waals surface area contributed by atoms with Crippen LogP contribution in [0.3, 0.4) is 0 Å². The van der Waals surface area contributed by atoms with Crippen LogP contribution in [-0.4, -0.2) is 24.0 Å². The first-order valence-corrected chi connectivity index (χ1v) is 6.19. The summed E-state index contributed by atoms with van der Waals surface area (Å²) in [6.07, 6.45) is 4.66. The van der Waals surface area contributed by atoms with Crippen molar-refractivity contribution in [3.8, 4) is 0 Å². The Balaban J connectivity index is 2.52. The third-order valence-electron chi connectivity index (χ3n) is 3.60. The van der Waals surface area contributed by atoms with Gasteiger partial charge in [-0.3, -0.25) is 10.1 Å². The molecular formula is C12H23N3O2. The van der Waals surface area contributed by atoms with Crippen LogP contribution in [0.4, 0.5) is 4.79 Å². The van der Waals surface area contributed by atoms with Gasteiger partial charge in [-0.25, -0.2) is 4.79 Å². The molecular weight excluding hydrogens is 218 g/mol. The zero-order chi connectivity index (χ0) is 13.1. The van der Waals surface area contributed by atoms with Crippen molar-refractivity contribution in [2.45, 2.75) is 58.5 Å². The fraction of sp³-hybridized carbons (Fsp3) is 0.833. The van der Waals surface area contributed by atoms with Crippen LogP contribution in [0, 0.1) is 5.41 Å². The lowest BCUT2D eigenvalue weighted by Crippen LogP contribution is -2.54. The van der Waals surface area contributed by atoms with Crippen LogP contribution >= 0.6 is 0 Å². The summed E-state index contributed by atoms with van der Waals surface area (Å²) in [5.74, 6) is -0.362. The summed E-state index contributed by atoms with van der Waals surface area (Å²) in [7, 11) is 0. The molecule has 0 radical (unpaired) electrons. The van der Waals surface area contributed by atoms with Crippen molar-refractivity contribution < 1.29 is 9.59 Å². The van der Waals surface area contributed by atoms with Crippen molar-refractivity contribution in [3.63, 3.8) is 0 Å². The van der Waals surface area contributed by atoms with Crippen LogP contribution in [0.25, 0.3) is 0 Å². The van der Waals surface area contributed by atoms with Crippen LogP contribution in [0.15, 0.2) is 0 Å². The maximum absolute atomic E-state index is 11.6. The molecule has 3 amide bonds. The Morgan fingerprint density at radius 1 is 1.35 bits per heavy atom. The molecule has 1 fully saturated rings. The van der Waals surface area contributed by atoms with E-state index in [0.717, 1.165) is 12.8 Å². The maximum atomic E-state index is 11.6. The van der Waals surface area contributed by atoms with Gasteiger partial charge in [0.25, 0.3) is 0 Å². The summed E-state index contributed by atoms with van der Waals surface area (Å²) in [4.78, 5) is 22.2. The van der Waals surface area contributed by atoms with E-state index >= 15 is 0 Å². The number of primary amides is 1. The molecule has 98 valence electrons. The normalized spacial score (nSPS) is 25.0. The third kappa shape index (κ3) is 4.00. The summed E-state index contributed by atoms with van der Waals surface area (Å²) >= 11 is 0. The van der Waals surface area contributed by atoms with Crippen LogP contribution < -0.4 is 16.4 Å². The number of imide groups is 1. The van der Waals surface area contributed by atoms with Gasteiger partial charge in [0, 0.05) is 6.04 Å². The summed E-state index contributed by atoms with van der Waals surface area (Å²) in [6, 6.07) is -0.888. The first-order chi connectivity index (χ1) is 7.83. The van der Waals surface area contributed by atoms with Crippen LogP contribution in [0.2, 0.25) is 0 Å². The predicted molar refractivity (Wildman–Crippen MR) is 66.4 cm³/mol. The third-order valence-corrected chi connectivity index (χ3v) is 3.60. The van der Waals surface area contributed by atoms with Crippen molar-refractivity contribution in [1.82, 2.24) is 10.6 Å². The van der Waals surface area contributed by atoms with Crippen molar-refractivity contribution in [1.29, 1.82) is 0 Å². The smallest absolute Gasteiger partial charge is 0.318 e. The van der Waals surface area contributed by atoms with Gasteiger partial charge in [0.05, 0.1) is 6.04 Å². The van der Waals surface area contributed by atoms with E-state index in [-0.39, 0.29) is 11.3 Å². The highest BCUT2D eigenvalue weighted by atomic mass is 16.2. The number of urea groups is 1. The summed E-state index contributed by atoms with van der Waals surface area (Å²) in [5, 5.41) is 5.39. The molecule has 0 aromatic heterocycles. The van der Waals surface area contributed by atoms with Crippen LogP contribution in [0.5, 0.6) is 0 Å².